The van der Waals surface area contributed by atoms with Crippen LogP contribution in [0, 0.1) is 5.82 Å². The molecule has 0 aliphatic carbocycles. The third-order valence-electron chi connectivity index (χ3n) is 4.71. The SMILES string of the molecule is Cn1c(=O)c2c(SCC(=O)NNC(=O)c3ccccc3F)nc(C(C)(C)C)nc2n(C)c1=O. The van der Waals surface area contributed by atoms with Gasteiger partial charge in [0.15, 0.2) is 5.65 Å². The topological polar surface area (TPSA) is 128 Å². The fourth-order valence-electron chi connectivity index (χ4n) is 2.88. The van der Waals surface area contributed by atoms with Gasteiger partial charge >= 0.3 is 5.69 Å². The summed E-state index contributed by atoms with van der Waals surface area (Å²) >= 11 is 0.959. The van der Waals surface area contributed by atoms with E-state index in [-0.39, 0.29) is 27.4 Å². The normalized spacial score (nSPS) is 11.5. The average molecular weight is 475 g/mol. The quantitative estimate of drug-likeness (QED) is 0.328. The lowest BCUT2D eigenvalue weighted by Crippen LogP contribution is -2.42. The van der Waals surface area contributed by atoms with E-state index in [1.165, 1.54) is 36.9 Å². The van der Waals surface area contributed by atoms with Crippen molar-refractivity contribution in [3.63, 3.8) is 0 Å². The fourth-order valence-corrected chi connectivity index (χ4v) is 3.69. The molecular weight excluding hydrogens is 451 g/mol. The summed E-state index contributed by atoms with van der Waals surface area (Å²) in [4.78, 5) is 58.4. The van der Waals surface area contributed by atoms with Gasteiger partial charge in [-0.1, -0.05) is 44.7 Å². The second-order valence-electron chi connectivity index (χ2n) is 8.28. The van der Waals surface area contributed by atoms with Crippen molar-refractivity contribution in [1.82, 2.24) is 30.0 Å². The van der Waals surface area contributed by atoms with Crippen molar-refractivity contribution in [1.29, 1.82) is 0 Å². The van der Waals surface area contributed by atoms with Crippen LogP contribution in [0.25, 0.3) is 11.0 Å². The van der Waals surface area contributed by atoms with Gasteiger partial charge in [-0.2, -0.15) is 0 Å². The molecule has 10 nitrogen and oxygen atoms in total. The summed E-state index contributed by atoms with van der Waals surface area (Å²) in [7, 11) is 2.85. The van der Waals surface area contributed by atoms with E-state index in [0.29, 0.717) is 5.82 Å². The predicted molar refractivity (Wildman–Crippen MR) is 121 cm³/mol. The smallest absolute Gasteiger partial charge is 0.280 e. The number of aryl methyl sites for hydroxylation is 1. The van der Waals surface area contributed by atoms with Gasteiger partial charge in [0, 0.05) is 19.5 Å². The summed E-state index contributed by atoms with van der Waals surface area (Å²) in [5.74, 6) is -1.94. The van der Waals surface area contributed by atoms with E-state index in [9.17, 15) is 23.6 Å². The third kappa shape index (κ3) is 4.95. The first-order valence-corrected chi connectivity index (χ1v) is 10.8. The minimum Gasteiger partial charge on any atom is -0.280 e. The molecule has 1 aromatic carbocycles. The van der Waals surface area contributed by atoms with Crippen LogP contribution in [0.2, 0.25) is 0 Å². The molecule has 3 rings (SSSR count). The highest BCUT2D eigenvalue weighted by Gasteiger charge is 2.24. The minimum atomic E-state index is -0.808. The van der Waals surface area contributed by atoms with E-state index < -0.39 is 34.3 Å². The van der Waals surface area contributed by atoms with E-state index in [4.69, 9.17) is 0 Å². The van der Waals surface area contributed by atoms with Gasteiger partial charge in [-0.25, -0.2) is 19.2 Å². The molecule has 3 aromatic rings. The van der Waals surface area contributed by atoms with Crippen molar-refractivity contribution >= 4 is 34.6 Å². The summed E-state index contributed by atoms with van der Waals surface area (Å²) in [6.07, 6.45) is 0. The molecule has 2 N–H and O–H groups in total. The van der Waals surface area contributed by atoms with Crippen molar-refractivity contribution in [2.75, 3.05) is 5.75 Å². The summed E-state index contributed by atoms with van der Waals surface area (Å²) < 4.78 is 15.9. The molecule has 0 fully saturated rings. The number of carbonyl (C=O) groups excluding carboxylic acids is 2. The highest BCUT2D eigenvalue weighted by atomic mass is 32.2. The fraction of sp³-hybridized carbons (Fsp3) is 0.333. The largest absolute Gasteiger partial charge is 0.332 e. The standard InChI is InChI=1S/C21H23FN6O4S/c1-21(2,3)19-23-15-14(18(31)28(5)20(32)27(15)4)17(24-19)33-10-13(29)25-26-16(30)11-8-6-7-9-12(11)22/h6-9H,10H2,1-5H3,(H,25,29)(H,26,30). The molecule has 2 aromatic heterocycles. The Labute approximate surface area is 192 Å². The van der Waals surface area contributed by atoms with Crippen LogP contribution < -0.4 is 22.1 Å². The molecular formula is C21H23FN6O4S. The van der Waals surface area contributed by atoms with Crippen molar-refractivity contribution in [2.45, 2.75) is 31.2 Å². The number of thioether (sulfide) groups is 1. The van der Waals surface area contributed by atoms with Gasteiger partial charge in [0.2, 0.25) is 5.91 Å². The number of halogens is 1. The van der Waals surface area contributed by atoms with Crippen LogP contribution in [-0.2, 0) is 24.3 Å². The maximum Gasteiger partial charge on any atom is 0.332 e. The first-order chi connectivity index (χ1) is 15.4. The van der Waals surface area contributed by atoms with Crippen LogP contribution in [0.15, 0.2) is 38.9 Å². The second-order valence-corrected chi connectivity index (χ2v) is 9.24. The summed E-state index contributed by atoms with van der Waals surface area (Å²) in [6, 6.07) is 5.36. The maximum atomic E-state index is 13.7. The zero-order valence-electron chi connectivity index (χ0n) is 18.7. The van der Waals surface area contributed by atoms with Crippen LogP contribution in [0.5, 0.6) is 0 Å². The van der Waals surface area contributed by atoms with E-state index in [1.54, 1.807) is 0 Å². The van der Waals surface area contributed by atoms with Crippen molar-refractivity contribution in [3.05, 3.63) is 62.3 Å². The van der Waals surface area contributed by atoms with Crippen LogP contribution in [0.3, 0.4) is 0 Å². The Morgan fingerprint density at radius 1 is 1.06 bits per heavy atom. The van der Waals surface area contributed by atoms with Crippen LogP contribution >= 0.6 is 11.8 Å². The number of benzene rings is 1. The third-order valence-corrected chi connectivity index (χ3v) is 5.69. The Kier molecular flexibility index (Phi) is 6.68. The minimum absolute atomic E-state index is 0.112. The zero-order chi connectivity index (χ0) is 24.5. The molecule has 33 heavy (non-hydrogen) atoms. The number of nitrogens with one attached hydrogen (secondary N) is 2. The Morgan fingerprint density at radius 2 is 1.73 bits per heavy atom. The highest BCUT2D eigenvalue weighted by Crippen LogP contribution is 2.26. The molecule has 0 atom stereocenters. The Bertz CT molecular complexity index is 1380. The Balaban J connectivity index is 1.87. The Hall–Kier alpha value is -3.54. The van der Waals surface area contributed by atoms with Gasteiger partial charge < -0.3 is 0 Å². The van der Waals surface area contributed by atoms with Gasteiger partial charge in [0.05, 0.1) is 11.3 Å². The predicted octanol–water partition coefficient (Wildman–Crippen LogP) is 1.02. The van der Waals surface area contributed by atoms with Gasteiger partial charge in [-0.3, -0.25) is 34.4 Å². The van der Waals surface area contributed by atoms with Gasteiger partial charge in [-0.05, 0) is 12.1 Å². The summed E-state index contributed by atoms with van der Waals surface area (Å²) in [6.45, 7) is 5.65. The first kappa shape index (κ1) is 24.1. The molecule has 0 unspecified atom stereocenters. The van der Waals surface area contributed by atoms with Crippen LogP contribution in [0.4, 0.5) is 4.39 Å². The molecule has 174 valence electrons. The number of hydrazine groups is 1. The lowest BCUT2D eigenvalue weighted by Gasteiger charge is -2.19. The van der Waals surface area contributed by atoms with Gasteiger partial charge in [0.25, 0.3) is 11.5 Å². The molecule has 0 bridgehead atoms. The highest BCUT2D eigenvalue weighted by molar-refractivity contribution is 8.00. The van der Waals surface area contributed by atoms with Crippen molar-refractivity contribution in [2.24, 2.45) is 14.1 Å². The van der Waals surface area contributed by atoms with E-state index in [2.05, 4.69) is 20.8 Å². The number of nitrogens with zero attached hydrogens (tertiary/aromatic N) is 4. The second kappa shape index (κ2) is 9.14. The molecule has 0 saturated carbocycles. The number of hydrogen-bond donors (Lipinski definition) is 2. The monoisotopic (exact) mass is 474 g/mol. The lowest BCUT2D eigenvalue weighted by molar-refractivity contribution is -0.119. The zero-order valence-corrected chi connectivity index (χ0v) is 19.5. The average Bonchev–Trinajstić information content (AvgIpc) is 2.77. The van der Waals surface area contributed by atoms with E-state index in [1.807, 2.05) is 20.8 Å². The van der Waals surface area contributed by atoms with Gasteiger partial charge in [-0.15, -0.1) is 0 Å². The number of aromatic nitrogens is 4. The van der Waals surface area contributed by atoms with E-state index in [0.717, 1.165) is 22.4 Å². The molecule has 0 saturated heterocycles. The molecule has 2 amide bonds. The Morgan fingerprint density at radius 3 is 2.36 bits per heavy atom. The number of rotatable bonds is 4. The van der Waals surface area contributed by atoms with E-state index >= 15 is 0 Å². The summed E-state index contributed by atoms with van der Waals surface area (Å²) in [5, 5.41) is 0.345. The number of hydrogen-bond acceptors (Lipinski definition) is 7. The van der Waals surface area contributed by atoms with Crippen LogP contribution in [-0.4, -0.2) is 36.7 Å². The van der Waals surface area contributed by atoms with Crippen molar-refractivity contribution < 1.29 is 14.0 Å². The number of amides is 2. The van der Waals surface area contributed by atoms with Crippen LogP contribution in [0.1, 0.15) is 37.0 Å². The molecule has 0 aliphatic rings. The first-order valence-electron chi connectivity index (χ1n) is 9.86. The van der Waals surface area contributed by atoms with Crippen molar-refractivity contribution in [3.8, 4) is 0 Å². The molecule has 2 heterocycles. The number of fused-ring (bicyclic) bond motifs is 1. The molecule has 12 heteroatoms. The molecule has 0 spiro atoms. The lowest BCUT2D eigenvalue weighted by atomic mass is 9.96. The summed E-state index contributed by atoms with van der Waals surface area (Å²) in [5.41, 5.74) is 2.71. The maximum absolute atomic E-state index is 13.7. The number of carbonyl (C=O) groups is 2. The molecule has 0 aliphatic heterocycles. The molecule has 0 radical (unpaired) electrons. The van der Waals surface area contributed by atoms with Gasteiger partial charge in [0.1, 0.15) is 22.1 Å².